The monoisotopic (exact) mass is 249 g/mol. The van der Waals surface area contributed by atoms with E-state index in [1.165, 1.54) is 24.8 Å². The van der Waals surface area contributed by atoms with Crippen molar-refractivity contribution in [3.63, 3.8) is 0 Å². The summed E-state index contributed by atoms with van der Waals surface area (Å²) in [5.74, 6) is 1.88. The standard InChI is InChI=1S/C15H23NO2/c1-3-4-5-6-9-17-12-7-8-13-14(16-2)11-18-15(13)10-12/h7-8,10,14,16H,3-6,9,11H2,1-2H3. The number of rotatable bonds is 7. The van der Waals surface area contributed by atoms with Crippen LogP contribution in [0.5, 0.6) is 11.5 Å². The van der Waals surface area contributed by atoms with Gasteiger partial charge in [-0.1, -0.05) is 26.2 Å². The van der Waals surface area contributed by atoms with E-state index in [0.29, 0.717) is 12.6 Å². The molecule has 1 aliphatic heterocycles. The zero-order chi connectivity index (χ0) is 12.8. The molecule has 18 heavy (non-hydrogen) atoms. The summed E-state index contributed by atoms with van der Waals surface area (Å²) < 4.78 is 11.4. The lowest BCUT2D eigenvalue weighted by Gasteiger charge is -2.09. The van der Waals surface area contributed by atoms with E-state index in [9.17, 15) is 0 Å². The van der Waals surface area contributed by atoms with Gasteiger partial charge in [-0.15, -0.1) is 0 Å². The molecule has 0 aliphatic carbocycles. The minimum absolute atomic E-state index is 0.318. The summed E-state index contributed by atoms with van der Waals surface area (Å²) >= 11 is 0. The van der Waals surface area contributed by atoms with Crippen LogP contribution >= 0.6 is 0 Å². The fourth-order valence-corrected chi connectivity index (χ4v) is 2.24. The molecule has 2 rings (SSSR count). The van der Waals surface area contributed by atoms with Crippen LogP contribution in [-0.2, 0) is 0 Å². The van der Waals surface area contributed by atoms with Crippen molar-refractivity contribution < 1.29 is 9.47 Å². The molecule has 3 nitrogen and oxygen atoms in total. The Bertz CT molecular complexity index is 379. The third kappa shape index (κ3) is 3.16. The summed E-state index contributed by atoms with van der Waals surface area (Å²) in [5.41, 5.74) is 1.23. The molecule has 0 spiro atoms. The lowest BCUT2D eigenvalue weighted by Crippen LogP contribution is -2.17. The molecule has 1 heterocycles. The Morgan fingerprint density at radius 2 is 2.22 bits per heavy atom. The maximum Gasteiger partial charge on any atom is 0.127 e. The van der Waals surface area contributed by atoms with Gasteiger partial charge in [0.25, 0.3) is 0 Å². The highest BCUT2D eigenvalue weighted by Crippen LogP contribution is 2.34. The fraction of sp³-hybridized carbons (Fsp3) is 0.600. The van der Waals surface area contributed by atoms with E-state index in [0.717, 1.165) is 24.5 Å². The van der Waals surface area contributed by atoms with Crippen LogP contribution in [-0.4, -0.2) is 20.3 Å². The highest BCUT2D eigenvalue weighted by Gasteiger charge is 2.22. The summed E-state index contributed by atoms with van der Waals surface area (Å²) in [7, 11) is 1.96. The maximum absolute atomic E-state index is 5.75. The molecule has 1 N–H and O–H groups in total. The van der Waals surface area contributed by atoms with Crippen LogP contribution in [0.2, 0.25) is 0 Å². The smallest absolute Gasteiger partial charge is 0.127 e. The van der Waals surface area contributed by atoms with Gasteiger partial charge < -0.3 is 14.8 Å². The van der Waals surface area contributed by atoms with Crippen molar-refractivity contribution >= 4 is 0 Å². The first-order valence-corrected chi connectivity index (χ1v) is 6.92. The average Bonchev–Trinajstić information content (AvgIpc) is 2.80. The minimum Gasteiger partial charge on any atom is -0.493 e. The van der Waals surface area contributed by atoms with Gasteiger partial charge in [-0.25, -0.2) is 0 Å². The van der Waals surface area contributed by atoms with Gasteiger partial charge in [0.15, 0.2) is 0 Å². The first kappa shape index (κ1) is 13.2. The number of likely N-dealkylation sites (N-methyl/N-ethyl adjacent to an activating group) is 1. The van der Waals surface area contributed by atoms with Crippen molar-refractivity contribution in [2.75, 3.05) is 20.3 Å². The van der Waals surface area contributed by atoms with Gasteiger partial charge in [0, 0.05) is 11.6 Å². The molecule has 1 aliphatic rings. The average molecular weight is 249 g/mol. The Morgan fingerprint density at radius 3 is 3.00 bits per heavy atom. The van der Waals surface area contributed by atoms with Gasteiger partial charge in [0.2, 0.25) is 0 Å². The third-order valence-electron chi connectivity index (χ3n) is 3.38. The summed E-state index contributed by atoms with van der Waals surface area (Å²) in [6.07, 6.45) is 4.93. The molecule has 0 amide bonds. The highest BCUT2D eigenvalue weighted by atomic mass is 16.5. The Hall–Kier alpha value is -1.22. The van der Waals surface area contributed by atoms with E-state index in [1.807, 2.05) is 19.2 Å². The van der Waals surface area contributed by atoms with E-state index >= 15 is 0 Å². The normalized spacial score (nSPS) is 17.3. The lowest BCUT2D eigenvalue weighted by molar-refractivity contribution is 0.298. The van der Waals surface area contributed by atoms with Crippen molar-refractivity contribution in [2.45, 2.75) is 38.6 Å². The Labute approximate surface area is 109 Å². The summed E-state index contributed by atoms with van der Waals surface area (Å²) in [6.45, 7) is 3.73. The number of fused-ring (bicyclic) bond motifs is 1. The molecular weight excluding hydrogens is 226 g/mol. The van der Waals surface area contributed by atoms with Crippen LogP contribution in [0.15, 0.2) is 18.2 Å². The Morgan fingerprint density at radius 1 is 1.33 bits per heavy atom. The van der Waals surface area contributed by atoms with E-state index in [2.05, 4.69) is 18.3 Å². The minimum atomic E-state index is 0.318. The molecule has 1 atom stereocenters. The quantitative estimate of drug-likeness (QED) is 0.752. The van der Waals surface area contributed by atoms with Crippen molar-refractivity contribution in [1.29, 1.82) is 0 Å². The van der Waals surface area contributed by atoms with Crippen LogP contribution in [0.3, 0.4) is 0 Å². The molecule has 0 fully saturated rings. The van der Waals surface area contributed by atoms with E-state index in [-0.39, 0.29) is 0 Å². The van der Waals surface area contributed by atoms with Crippen LogP contribution in [0.1, 0.15) is 44.2 Å². The fourth-order valence-electron chi connectivity index (χ4n) is 2.24. The molecule has 0 saturated carbocycles. The second-order valence-corrected chi connectivity index (χ2v) is 4.76. The molecule has 1 unspecified atom stereocenters. The largest absolute Gasteiger partial charge is 0.493 e. The van der Waals surface area contributed by atoms with Crippen LogP contribution in [0.4, 0.5) is 0 Å². The molecule has 100 valence electrons. The molecule has 0 radical (unpaired) electrons. The van der Waals surface area contributed by atoms with Gasteiger partial charge in [-0.05, 0) is 25.6 Å². The molecule has 0 aromatic heterocycles. The molecule has 1 aromatic carbocycles. The summed E-state index contributed by atoms with van der Waals surface area (Å²) in [5, 5.41) is 3.24. The molecule has 3 heteroatoms. The number of ether oxygens (including phenoxy) is 2. The highest BCUT2D eigenvalue weighted by molar-refractivity contribution is 5.44. The first-order chi connectivity index (χ1) is 8.85. The maximum atomic E-state index is 5.75. The van der Waals surface area contributed by atoms with Gasteiger partial charge >= 0.3 is 0 Å². The predicted octanol–water partition coefficient (Wildman–Crippen LogP) is 3.30. The Balaban J connectivity index is 1.84. The van der Waals surface area contributed by atoms with Crippen molar-refractivity contribution in [1.82, 2.24) is 5.32 Å². The third-order valence-corrected chi connectivity index (χ3v) is 3.38. The number of unbranched alkanes of at least 4 members (excludes halogenated alkanes) is 3. The van der Waals surface area contributed by atoms with Crippen LogP contribution in [0.25, 0.3) is 0 Å². The van der Waals surface area contributed by atoms with E-state index < -0.39 is 0 Å². The molecule has 0 saturated heterocycles. The van der Waals surface area contributed by atoms with Gasteiger partial charge in [-0.3, -0.25) is 0 Å². The zero-order valence-corrected chi connectivity index (χ0v) is 11.4. The number of hydrogen-bond acceptors (Lipinski definition) is 3. The molecule has 1 aromatic rings. The Kier molecular flexibility index (Phi) is 4.88. The SMILES string of the molecule is CCCCCCOc1ccc2c(c1)OCC2NC. The summed E-state index contributed by atoms with van der Waals surface area (Å²) in [6, 6.07) is 6.47. The van der Waals surface area contributed by atoms with E-state index in [1.54, 1.807) is 0 Å². The predicted molar refractivity (Wildman–Crippen MR) is 73.4 cm³/mol. The van der Waals surface area contributed by atoms with Gasteiger partial charge in [0.05, 0.1) is 12.6 Å². The van der Waals surface area contributed by atoms with Crippen LogP contribution < -0.4 is 14.8 Å². The topological polar surface area (TPSA) is 30.5 Å². The van der Waals surface area contributed by atoms with Crippen molar-refractivity contribution in [3.05, 3.63) is 23.8 Å². The molecule has 0 bridgehead atoms. The first-order valence-electron chi connectivity index (χ1n) is 6.92. The van der Waals surface area contributed by atoms with Crippen molar-refractivity contribution in [2.24, 2.45) is 0 Å². The molecular formula is C15H23NO2. The van der Waals surface area contributed by atoms with Gasteiger partial charge in [-0.2, -0.15) is 0 Å². The number of benzene rings is 1. The zero-order valence-electron chi connectivity index (χ0n) is 11.4. The second kappa shape index (κ2) is 6.64. The second-order valence-electron chi connectivity index (χ2n) is 4.76. The van der Waals surface area contributed by atoms with Crippen LogP contribution in [0, 0.1) is 0 Å². The van der Waals surface area contributed by atoms with E-state index in [4.69, 9.17) is 9.47 Å². The van der Waals surface area contributed by atoms with Crippen molar-refractivity contribution in [3.8, 4) is 11.5 Å². The number of hydrogen-bond donors (Lipinski definition) is 1. The van der Waals surface area contributed by atoms with Gasteiger partial charge in [0.1, 0.15) is 18.1 Å². The summed E-state index contributed by atoms with van der Waals surface area (Å²) in [4.78, 5) is 0. The lowest BCUT2D eigenvalue weighted by atomic mass is 10.1. The number of nitrogens with one attached hydrogen (secondary N) is 1.